The molecule has 0 saturated heterocycles. The summed E-state index contributed by atoms with van der Waals surface area (Å²) < 4.78 is 5.34. The van der Waals surface area contributed by atoms with Gasteiger partial charge in [-0.3, -0.25) is 14.4 Å². The monoisotopic (exact) mass is 532 g/mol. The third kappa shape index (κ3) is 10.3. The van der Waals surface area contributed by atoms with Gasteiger partial charge in [0.25, 0.3) is 0 Å². The molecule has 0 fully saturated rings. The number of hydrogen-bond acceptors (Lipinski definition) is 5. The van der Waals surface area contributed by atoms with Crippen LogP contribution in [-0.4, -0.2) is 52.4 Å². The Labute approximate surface area is 228 Å². The van der Waals surface area contributed by atoms with E-state index in [1.807, 2.05) is 52.8 Å². The number of alkyl carbamates (subject to hydrolysis) is 1. The molecule has 9 nitrogen and oxygen atoms in total. The van der Waals surface area contributed by atoms with Gasteiger partial charge in [-0.25, -0.2) is 4.79 Å². The standard InChI is InChI=1S/C29H48N4O5/c1-10-12-13-14-31-25(35)24(21-16-19(3)15-20(4)17-21)33(29(8,9)11-2)26(36)22(18-23(30)34)32-27(37)38-28(5,6)7/h15-17,22,24H,10-14,18H2,1-9H3,(H2,30,34)(H,31,35)(H,32,37). The van der Waals surface area contributed by atoms with Gasteiger partial charge in [0.05, 0.1) is 6.42 Å². The van der Waals surface area contributed by atoms with Gasteiger partial charge in [-0.05, 0) is 66.9 Å². The molecule has 0 saturated carbocycles. The van der Waals surface area contributed by atoms with Gasteiger partial charge in [0.15, 0.2) is 0 Å². The molecule has 0 radical (unpaired) electrons. The Bertz CT molecular complexity index is 963. The highest BCUT2D eigenvalue weighted by molar-refractivity contribution is 5.95. The van der Waals surface area contributed by atoms with Crippen molar-refractivity contribution in [1.29, 1.82) is 0 Å². The second kappa shape index (κ2) is 14.2. The van der Waals surface area contributed by atoms with E-state index in [4.69, 9.17) is 10.5 Å². The van der Waals surface area contributed by atoms with Gasteiger partial charge < -0.3 is 26.0 Å². The molecule has 0 bridgehead atoms. The lowest BCUT2D eigenvalue weighted by atomic mass is 9.90. The number of rotatable bonds is 13. The number of nitrogens with two attached hydrogens (primary N) is 1. The summed E-state index contributed by atoms with van der Waals surface area (Å²) in [6.07, 6.45) is 2.02. The van der Waals surface area contributed by atoms with Gasteiger partial charge in [0.1, 0.15) is 17.7 Å². The van der Waals surface area contributed by atoms with Crippen LogP contribution in [0.4, 0.5) is 4.79 Å². The Kier molecular flexibility index (Phi) is 12.3. The van der Waals surface area contributed by atoms with E-state index in [0.29, 0.717) is 18.5 Å². The minimum atomic E-state index is -1.31. The second-order valence-corrected chi connectivity index (χ2v) is 11.6. The Hall–Kier alpha value is -3.10. The van der Waals surface area contributed by atoms with E-state index in [9.17, 15) is 19.2 Å². The average Bonchev–Trinajstić information content (AvgIpc) is 2.76. The Morgan fingerprint density at radius 2 is 1.55 bits per heavy atom. The molecule has 0 spiro atoms. The average molecular weight is 533 g/mol. The first-order valence-corrected chi connectivity index (χ1v) is 13.5. The Morgan fingerprint density at radius 3 is 2.03 bits per heavy atom. The van der Waals surface area contributed by atoms with E-state index in [2.05, 4.69) is 17.6 Å². The van der Waals surface area contributed by atoms with Crippen molar-refractivity contribution < 1.29 is 23.9 Å². The molecule has 214 valence electrons. The van der Waals surface area contributed by atoms with Gasteiger partial charge in [0.2, 0.25) is 17.7 Å². The number of ether oxygens (including phenoxy) is 1. The fraction of sp³-hybridized carbons (Fsp3) is 0.655. The van der Waals surface area contributed by atoms with Gasteiger partial charge >= 0.3 is 6.09 Å². The van der Waals surface area contributed by atoms with E-state index in [1.165, 1.54) is 4.90 Å². The number of hydrogen-bond donors (Lipinski definition) is 3. The van der Waals surface area contributed by atoms with Crippen molar-refractivity contribution in [3.05, 3.63) is 34.9 Å². The first-order valence-electron chi connectivity index (χ1n) is 13.5. The molecule has 0 aliphatic heterocycles. The van der Waals surface area contributed by atoms with Crippen LogP contribution in [0.15, 0.2) is 18.2 Å². The number of nitrogens with one attached hydrogen (secondary N) is 2. The van der Waals surface area contributed by atoms with Crippen molar-refractivity contribution in [2.24, 2.45) is 5.73 Å². The smallest absolute Gasteiger partial charge is 0.408 e. The topological polar surface area (TPSA) is 131 Å². The Balaban J connectivity index is 3.65. The van der Waals surface area contributed by atoms with Gasteiger partial charge in [-0.2, -0.15) is 0 Å². The predicted molar refractivity (Wildman–Crippen MR) is 149 cm³/mol. The molecule has 9 heteroatoms. The molecule has 4 N–H and O–H groups in total. The molecule has 38 heavy (non-hydrogen) atoms. The maximum Gasteiger partial charge on any atom is 0.408 e. The maximum atomic E-state index is 14.2. The zero-order chi connectivity index (χ0) is 29.3. The summed E-state index contributed by atoms with van der Waals surface area (Å²) in [5.41, 5.74) is 6.40. The highest BCUT2D eigenvalue weighted by atomic mass is 16.6. The molecule has 1 aromatic rings. The van der Waals surface area contributed by atoms with Crippen molar-refractivity contribution in [3.8, 4) is 0 Å². The molecule has 0 aliphatic rings. The van der Waals surface area contributed by atoms with E-state index < -0.39 is 47.6 Å². The third-order valence-electron chi connectivity index (χ3n) is 6.30. The van der Waals surface area contributed by atoms with Crippen LogP contribution in [0.5, 0.6) is 0 Å². The van der Waals surface area contributed by atoms with E-state index in [1.54, 1.807) is 20.8 Å². The van der Waals surface area contributed by atoms with Crippen molar-refractivity contribution in [3.63, 3.8) is 0 Å². The molecular formula is C29H48N4O5. The number of nitrogens with zero attached hydrogens (tertiary/aromatic N) is 1. The first-order chi connectivity index (χ1) is 17.5. The fourth-order valence-electron chi connectivity index (χ4n) is 4.23. The molecule has 0 aromatic heterocycles. The lowest BCUT2D eigenvalue weighted by molar-refractivity contribution is -0.150. The summed E-state index contributed by atoms with van der Waals surface area (Å²) in [4.78, 5) is 54.1. The van der Waals surface area contributed by atoms with Crippen molar-refractivity contribution >= 4 is 23.8 Å². The highest BCUT2D eigenvalue weighted by Gasteiger charge is 2.43. The minimum absolute atomic E-state index is 0.323. The number of amides is 4. The van der Waals surface area contributed by atoms with Gasteiger partial charge in [0, 0.05) is 12.1 Å². The van der Waals surface area contributed by atoms with E-state index >= 15 is 0 Å². The third-order valence-corrected chi connectivity index (χ3v) is 6.30. The number of carbonyl (C=O) groups is 4. The molecule has 2 atom stereocenters. The lowest BCUT2D eigenvalue weighted by Crippen LogP contribution is -2.60. The summed E-state index contributed by atoms with van der Waals surface area (Å²) in [6.45, 7) is 17.2. The molecule has 2 unspecified atom stereocenters. The number of benzene rings is 1. The zero-order valence-corrected chi connectivity index (χ0v) is 24.7. The van der Waals surface area contributed by atoms with Crippen LogP contribution in [0.1, 0.15) is 103 Å². The maximum absolute atomic E-state index is 14.2. The van der Waals surface area contributed by atoms with Crippen molar-refractivity contribution in [2.75, 3.05) is 6.54 Å². The van der Waals surface area contributed by atoms with Crippen molar-refractivity contribution in [1.82, 2.24) is 15.5 Å². The summed E-state index contributed by atoms with van der Waals surface area (Å²) in [5, 5.41) is 5.53. The summed E-state index contributed by atoms with van der Waals surface area (Å²) >= 11 is 0. The molecule has 4 amide bonds. The quantitative estimate of drug-likeness (QED) is 0.323. The lowest BCUT2D eigenvalue weighted by Gasteiger charge is -2.44. The summed E-state index contributed by atoms with van der Waals surface area (Å²) in [5.74, 6) is -1.67. The predicted octanol–water partition coefficient (Wildman–Crippen LogP) is 4.44. The van der Waals surface area contributed by atoms with Crippen LogP contribution >= 0.6 is 0 Å². The van der Waals surface area contributed by atoms with Gasteiger partial charge in [-0.15, -0.1) is 0 Å². The first kappa shape index (κ1) is 32.9. The van der Waals surface area contributed by atoms with Crippen LogP contribution in [0, 0.1) is 13.8 Å². The molecule has 1 rings (SSSR count). The van der Waals surface area contributed by atoms with Gasteiger partial charge in [-0.1, -0.05) is 56.0 Å². The highest BCUT2D eigenvalue weighted by Crippen LogP contribution is 2.33. The number of primary amides is 1. The molecule has 0 heterocycles. The zero-order valence-electron chi connectivity index (χ0n) is 24.7. The molecule has 0 aliphatic carbocycles. The SMILES string of the molecule is CCCCCNC(=O)C(c1cc(C)cc(C)c1)N(C(=O)C(CC(N)=O)NC(=O)OC(C)(C)C)C(C)(C)CC. The number of aryl methyl sites for hydroxylation is 2. The minimum Gasteiger partial charge on any atom is -0.444 e. The van der Waals surface area contributed by atoms with E-state index in [-0.39, 0.29) is 5.91 Å². The van der Waals surface area contributed by atoms with Crippen LogP contribution in [0.2, 0.25) is 0 Å². The molecule has 1 aromatic carbocycles. The van der Waals surface area contributed by atoms with Crippen LogP contribution in [0.25, 0.3) is 0 Å². The van der Waals surface area contributed by atoms with Crippen LogP contribution in [-0.2, 0) is 19.1 Å². The molecular weight excluding hydrogens is 484 g/mol. The fourth-order valence-corrected chi connectivity index (χ4v) is 4.23. The number of carbonyl (C=O) groups excluding carboxylic acids is 4. The summed E-state index contributed by atoms with van der Waals surface area (Å²) in [6, 6.07) is 3.47. The van der Waals surface area contributed by atoms with Crippen LogP contribution < -0.4 is 16.4 Å². The van der Waals surface area contributed by atoms with E-state index in [0.717, 1.165) is 30.4 Å². The second-order valence-electron chi connectivity index (χ2n) is 11.6. The van der Waals surface area contributed by atoms with Crippen LogP contribution in [0.3, 0.4) is 0 Å². The normalized spacial score (nSPS) is 13.3. The Morgan fingerprint density at radius 1 is 0.974 bits per heavy atom. The largest absolute Gasteiger partial charge is 0.444 e. The van der Waals surface area contributed by atoms with Crippen molar-refractivity contribution in [2.45, 2.75) is 118 Å². The number of unbranched alkanes of at least 4 members (excludes halogenated alkanes) is 2. The summed E-state index contributed by atoms with van der Waals surface area (Å²) in [7, 11) is 0.